The van der Waals surface area contributed by atoms with Crippen molar-refractivity contribution in [2.75, 3.05) is 27.2 Å². The number of likely N-dealkylation sites (N-methyl/N-ethyl adjacent to an activating group) is 1. The quantitative estimate of drug-likeness (QED) is 0.856. The van der Waals surface area contributed by atoms with Gasteiger partial charge >= 0.3 is 0 Å². The van der Waals surface area contributed by atoms with Gasteiger partial charge < -0.3 is 14.5 Å². The van der Waals surface area contributed by atoms with Crippen molar-refractivity contribution < 1.29 is 9.53 Å². The van der Waals surface area contributed by atoms with Crippen molar-refractivity contribution in [3.63, 3.8) is 0 Å². The summed E-state index contributed by atoms with van der Waals surface area (Å²) in [5, 5.41) is 0. The Morgan fingerprint density at radius 3 is 2.45 bits per heavy atom. The first-order valence-electron chi connectivity index (χ1n) is 8.31. The van der Waals surface area contributed by atoms with E-state index in [1.165, 1.54) is 19.4 Å². The third-order valence-electron chi connectivity index (χ3n) is 5.16. The number of amides is 1. The van der Waals surface area contributed by atoms with Crippen LogP contribution in [0.2, 0.25) is 0 Å². The molecule has 4 nitrogen and oxygen atoms in total. The first-order valence-corrected chi connectivity index (χ1v) is 8.31. The Morgan fingerprint density at radius 2 is 1.82 bits per heavy atom. The Morgan fingerprint density at radius 1 is 1.14 bits per heavy atom. The van der Waals surface area contributed by atoms with Gasteiger partial charge in [-0.2, -0.15) is 0 Å². The van der Waals surface area contributed by atoms with Crippen LogP contribution in [-0.4, -0.2) is 55.0 Å². The van der Waals surface area contributed by atoms with Crippen LogP contribution in [0.25, 0.3) is 0 Å². The zero-order valence-corrected chi connectivity index (χ0v) is 13.6. The second-order valence-corrected chi connectivity index (χ2v) is 6.51. The lowest BCUT2D eigenvalue weighted by Crippen LogP contribution is -2.47. The van der Waals surface area contributed by atoms with E-state index in [9.17, 15) is 4.79 Å². The van der Waals surface area contributed by atoms with Gasteiger partial charge in [0.1, 0.15) is 5.75 Å². The first kappa shape index (κ1) is 15.3. The highest BCUT2D eigenvalue weighted by Gasteiger charge is 2.38. The number of carbonyl (C=O) groups excluding carboxylic acids is 1. The second-order valence-electron chi connectivity index (χ2n) is 6.51. The summed E-state index contributed by atoms with van der Waals surface area (Å²) >= 11 is 0. The third kappa shape index (κ3) is 3.12. The topological polar surface area (TPSA) is 32.8 Å². The number of rotatable bonds is 4. The zero-order valence-electron chi connectivity index (χ0n) is 13.6. The van der Waals surface area contributed by atoms with Crippen molar-refractivity contribution in [3.8, 4) is 5.75 Å². The Bertz CT molecular complexity index is 514. The smallest absolute Gasteiger partial charge is 0.227 e. The lowest BCUT2D eigenvalue weighted by molar-refractivity contribution is -0.132. The Labute approximate surface area is 133 Å². The van der Waals surface area contributed by atoms with Gasteiger partial charge in [0.05, 0.1) is 13.5 Å². The molecule has 2 unspecified atom stereocenters. The van der Waals surface area contributed by atoms with Crippen LogP contribution in [0, 0.1) is 0 Å². The van der Waals surface area contributed by atoms with E-state index >= 15 is 0 Å². The van der Waals surface area contributed by atoms with Crippen LogP contribution in [-0.2, 0) is 11.2 Å². The minimum absolute atomic E-state index is 0.271. The molecule has 2 saturated heterocycles. The van der Waals surface area contributed by atoms with E-state index in [2.05, 4.69) is 16.8 Å². The predicted octanol–water partition coefficient (Wildman–Crippen LogP) is 2.32. The summed E-state index contributed by atoms with van der Waals surface area (Å²) < 4.78 is 5.17. The van der Waals surface area contributed by atoms with Crippen LogP contribution >= 0.6 is 0 Å². The molecule has 1 aromatic carbocycles. The van der Waals surface area contributed by atoms with Crippen LogP contribution in [0.4, 0.5) is 0 Å². The van der Waals surface area contributed by atoms with E-state index in [0.29, 0.717) is 18.5 Å². The lowest BCUT2D eigenvalue weighted by Gasteiger charge is -2.33. The highest BCUT2D eigenvalue weighted by Crippen LogP contribution is 2.29. The number of likely N-dealkylation sites (tertiary alicyclic amines) is 2. The molecule has 0 spiro atoms. The normalized spacial score (nSPS) is 25.6. The molecule has 4 heteroatoms. The molecular formula is C18H26N2O2. The second kappa shape index (κ2) is 6.69. The van der Waals surface area contributed by atoms with E-state index in [1.807, 2.05) is 24.3 Å². The van der Waals surface area contributed by atoms with E-state index in [0.717, 1.165) is 30.7 Å². The fraction of sp³-hybridized carbons (Fsp3) is 0.611. The summed E-state index contributed by atoms with van der Waals surface area (Å²) in [5.74, 6) is 1.11. The number of benzene rings is 1. The number of nitrogens with zero attached hydrogens (tertiary/aromatic N) is 2. The monoisotopic (exact) mass is 302 g/mol. The SMILES string of the molecule is COc1ccc(CC(=O)N2CCCC2C2CCCN2C)cc1. The molecule has 2 heterocycles. The molecule has 1 aromatic rings. The van der Waals surface area contributed by atoms with Crippen LogP contribution < -0.4 is 4.74 Å². The van der Waals surface area contributed by atoms with E-state index in [-0.39, 0.29) is 5.91 Å². The number of methoxy groups -OCH3 is 1. The molecule has 2 aliphatic heterocycles. The maximum absolute atomic E-state index is 12.7. The lowest BCUT2D eigenvalue weighted by atomic mass is 10.0. The van der Waals surface area contributed by atoms with Gasteiger partial charge in [0.25, 0.3) is 0 Å². The Kier molecular flexibility index (Phi) is 4.67. The molecule has 22 heavy (non-hydrogen) atoms. The van der Waals surface area contributed by atoms with E-state index < -0.39 is 0 Å². The maximum atomic E-state index is 12.7. The predicted molar refractivity (Wildman–Crippen MR) is 87.1 cm³/mol. The van der Waals surface area contributed by atoms with Crippen LogP contribution in [0.1, 0.15) is 31.2 Å². The summed E-state index contributed by atoms with van der Waals surface area (Å²) in [7, 11) is 3.86. The summed E-state index contributed by atoms with van der Waals surface area (Å²) in [5.41, 5.74) is 1.07. The van der Waals surface area contributed by atoms with Crippen molar-refractivity contribution >= 4 is 5.91 Å². The highest BCUT2D eigenvalue weighted by molar-refractivity contribution is 5.79. The van der Waals surface area contributed by atoms with Crippen molar-refractivity contribution in [1.82, 2.24) is 9.80 Å². The molecule has 2 aliphatic rings. The first-order chi connectivity index (χ1) is 10.7. The van der Waals surface area contributed by atoms with Gasteiger partial charge in [-0.3, -0.25) is 4.79 Å². The van der Waals surface area contributed by atoms with Gasteiger partial charge in [-0.25, -0.2) is 0 Å². The molecule has 0 saturated carbocycles. The molecular weight excluding hydrogens is 276 g/mol. The van der Waals surface area contributed by atoms with Crippen molar-refractivity contribution in [3.05, 3.63) is 29.8 Å². The molecule has 0 aliphatic carbocycles. The van der Waals surface area contributed by atoms with Crippen molar-refractivity contribution in [2.24, 2.45) is 0 Å². The molecule has 0 radical (unpaired) electrons. The Hall–Kier alpha value is -1.55. The molecule has 3 rings (SSSR count). The number of ether oxygens (including phenoxy) is 1. The molecule has 2 fully saturated rings. The van der Waals surface area contributed by atoms with Gasteiger partial charge in [-0.1, -0.05) is 12.1 Å². The maximum Gasteiger partial charge on any atom is 0.227 e. The third-order valence-corrected chi connectivity index (χ3v) is 5.16. The standard InChI is InChI=1S/C18H26N2O2/c1-19-11-3-5-16(19)17-6-4-12-20(17)18(21)13-14-7-9-15(22-2)10-8-14/h7-10,16-17H,3-6,11-13H2,1-2H3. The number of carbonyl (C=O) groups is 1. The molecule has 0 N–H and O–H groups in total. The minimum Gasteiger partial charge on any atom is -0.497 e. The molecule has 2 atom stereocenters. The summed E-state index contributed by atoms with van der Waals surface area (Å²) in [4.78, 5) is 17.3. The van der Waals surface area contributed by atoms with Gasteiger partial charge in [0.2, 0.25) is 5.91 Å². The van der Waals surface area contributed by atoms with Crippen LogP contribution in [0.3, 0.4) is 0 Å². The van der Waals surface area contributed by atoms with Crippen molar-refractivity contribution in [1.29, 1.82) is 0 Å². The molecule has 1 amide bonds. The summed E-state index contributed by atoms with van der Waals surface area (Å²) in [6.45, 7) is 2.09. The minimum atomic E-state index is 0.271. The Balaban J connectivity index is 1.65. The molecule has 120 valence electrons. The van der Waals surface area contributed by atoms with Crippen LogP contribution in [0.5, 0.6) is 5.75 Å². The average molecular weight is 302 g/mol. The van der Waals surface area contributed by atoms with Gasteiger partial charge in [-0.15, -0.1) is 0 Å². The highest BCUT2D eigenvalue weighted by atomic mass is 16.5. The zero-order chi connectivity index (χ0) is 15.5. The van der Waals surface area contributed by atoms with E-state index in [1.54, 1.807) is 7.11 Å². The van der Waals surface area contributed by atoms with Gasteiger partial charge in [0, 0.05) is 18.6 Å². The summed E-state index contributed by atoms with van der Waals surface area (Å²) in [6, 6.07) is 8.80. The van der Waals surface area contributed by atoms with Gasteiger partial charge in [-0.05, 0) is 57.0 Å². The average Bonchev–Trinajstić information content (AvgIpc) is 3.16. The number of hydrogen-bond acceptors (Lipinski definition) is 3. The van der Waals surface area contributed by atoms with E-state index in [4.69, 9.17) is 4.74 Å². The fourth-order valence-electron chi connectivity index (χ4n) is 3.94. The number of hydrogen-bond donors (Lipinski definition) is 0. The fourth-order valence-corrected chi connectivity index (χ4v) is 3.94. The molecule has 0 bridgehead atoms. The van der Waals surface area contributed by atoms with Gasteiger partial charge in [0.15, 0.2) is 0 Å². The summed E-state index contributed by atoms with van der Waals surface area (Å²) in [6.07, 6.45) is 5.29. The molecule has 0 aromatic heterocycles. The largest absolute Gasteiger partial charge is 0.497 e. The van der Waals surface area contributed by atoms with Crippen molar-refractivity contribution in [2.45, 2.75) is 44.2 Å². The van der Waals surface area contributed by atoms with Crippen LogP contribution in [0.15, 0.2) is 24.3 Å².